The Morgan fingerprint density at radius 3 is 2.25 bits per heavy atom. The number of ether oxygens (including phenoxy) is 1. The normalized spacial score (nSPS) is 14.8. The number of aryl methyl sites for hydroxylation is 2. The van der Waals surface area contributed by atoms with Gasteiger partial charge in [-0.05, 0) is 99.1 Å². The van der Waals surface area contributed by atoms with E-state index in [2.05, 4.69) is 12.2 Å². The molecule has 4 rings (SSSR count). The molecule has 36 heavy (non-hydrogen) atoms. The lowest BCUT2D eigenvalue weighted by Crippen LogP contribution is -2.54. The molecule has 0 aliphatic carbocycles. The van der Waals surface area contributed by atoms with Gasteiger partial charge in [-0.2, -0.15) is 0 Å². The molecular formula is C28H27N3O4S. The molecule has 1 saturated heterocycles. The summed E-state index contributed by atoms with van der Waals surface area (Å²) >= 11 is 5.31. The van der Waals surface area contributed by atoms with Gasteiger partial charge in [0.1, 0.15) is 5.57 Å². The molecule has 1 fully saturated rings. The third-order valence-corrected chi connectivity index (χ3v) is 6.40. The van der Waals surface area contributed by atoms with Crippen LogP contribution >= 0.6 is 12.2 Å². The average Bonchev–Trinajstić information content (AvgIpc) is 3.14. The minimum atomic E-state index is -0.532. The first-order valence-electron chi connectivity index (χ1n) is 11.7. The zero-order chi connectivity index (χ0) is 26.0. The predicted octanol–water partition coefficient (Wildman–Crippen LogP) is 4.66. The van der Waals surface area contributed by atoms with Crippen LogP contribution in [0.5, 0.6) is 0 Å². The van der Waals surface area contributed by atoms with E-state index in [9.17, 15) is 14.4 Å². The predicted molar refractivity (Wildman–Crippen MR) is 143 cm³/mol. The first-order chi connectivity index (χ1) is 17.2. The molecule has 0 saturated carbocycles. The number of nitrogens with zero attached hydrogens (tertiary/aromatic N) is 2. The summed E-state index contributed by atoms with van der Waals surface area (Å²) in [4.78, 5) is 39.5. The van der Waals surface area contributed by atoms with Crippen LogP contribution in [0, 0.1) is 13.8 Å². The van der Waals surface area contributed by atoms with E-state index in [4.69, 9.17) is 17.0 Å². The first kappa shape index (κ1) is 25.1. The zero-order valence-electron chi connectivity index (χ0n) is 20.6. The number of hydrogen-bond acceptors (Lipinski definition) is 5. The van der Waals surface area contributed by atoms with Gasteiger partial charge < -0.3 is 9.30 Å². The number of esters is 1. The molecule has 0 unspecified atom stereocenters. The molecule has 2 heterocycles. The lowest BCUT2D eigenvalue weighted by molar-refractivity contribution is -0.122. The van der Waals surface area contributed by atoms with Crippen LogP contribution in [0.15, 0.2) is 60.2 Å². The van der Waals surface area contributed by atoms with Crippen LogP contribution in [-0.4, -0.2) is 34.1 Å². The highest BCUT2D eigenvalue weighted by Crippen LogP contribution is 2.26. The highest BCUT2D eigenvalue weighted by Gasteiger charge is 2.34. The minimum Gasteiger partial charge on any atom is -0.462 e. The van der Waals surface area contributed by atoms with Crippen LogP contribution in [0.25, 0.3) is 11.8 Å². The molecule has 3 aromatic rings. The van der Waals surface area contributed by atoms with Crippen LogP contribution in [0.3, 0.4) is 0 Å². The van der Waals surface area contributed by atoms with Gasteiger partial charge in [0, 0.05) is 17.1 Å². The summed E-state index contributed by atoms with van der Waals surface area (Å²) in [5, 5.41) is 2.69. The van der Waals surface area contributed by atoms with Crippen molar-refractivity contribution in [3.63, 3.8) is 0 Å². The van der Waals surface area contributed by atoms with Gasteiger partial charge in [-0.1, -0.05) is 19.1 Å². The number of anilines is 1. The molecule has 1 N–H and O–H groups in total. The molecule has 2 amide bonds. The van der Waals surface area contributed by atoms with E-state index in [1.165, 1.54) is 4.90 Å². The Bertz CT molecular complexity index is 1390. The first-order valence-corrected chi connectivity index (χ1v) is 12.1. The number of rotatable bonds is 6. The van der Waals surface area contributed by atoms with E-state index >= 15 is 0 Å². The van der Waals surface area contributed by atoms with Crippen molar-refractivity contribution in [2.75, 3.05) is 11.5 Å². The quantitative estimate of drug-likeness (QED) is 0.230. The standard InChI is InChI=1S/C28H27N3O4S/c1-5-19-7-11-23(12-8-19)31-26(33)24(25(32)29-28(31)36)16-21-15-17(3)30(18(21)4)22-13-9-20(10-14-22)27(34)35-6-2/h7-16H,5-6H2,1-4H3,(H,29,32,36)/b24-16-. The summed E-state index contributed by atoms with van der Waals surface area (Å²) in [6.45, 7) is 7.98. The number of aromatic nitrogens is 1. The second-order valence-corrected chi connectivity index (χ2v) is 8.79. The third kappa shape index (κ3) is 4.72. The molecule has 7 nitrogen and oxygen atoms in total. The van der Waals surface area contributed by atoms with Gasteiger partial charge in [-0.25, -0.2) is 4.79 Å². The van der Waals surface area contributed by atoms with Crippen molar-refractivity contribution < 1.29 is 19.1 Å². The molecule has 1 aromatic heterocycles. The zero-order valence-corrected chi connectivity index (χ0v) is 21.4. The van der Waals surface area contributed by atoms with Gasteiger partial charge in [0.15, 0.2) is 5.11 Å². The van der Waals surface area contributed by atoms with Crippen LogP contribution in [0.2, 0.25) is 0 Å². The number of thiocarbonyl (C=S) groups is 1. The highest BCUT2D eigenvalue weighted by atomic mass is 32.1. The van der Waals surface area contributed by atoms with E-state index in [-0.39, 0.29) is 16.7 Å². The van der Waals surface area contributed by atoms with E-state index < -0.39 is 11.8 Å². The van der Waals surface area contributed by atoms with Crippen molar-refractivity contribution in [1.29, 1.82) is 0 Å². The highest BCUT2D eigenvalue weighted by molar-refractivity contribution is 7.80. The van der Waals surface area contributed by atoms with Gasteiger partial charge in [0.25, 0.3) is 11.8 Å². The fourth-order valence-corrected chi connectivity index (χ4v) is 4.50. The molecule has 0 bridgehead atoms. The van der Waals surface area contributed by atoms with Crippen LogP contribution < -0.4 is 10.2 Å². The largest absolute Gasteiger partial charge is 0.462 e. The second-order valence-electron chi connectivity index (χ2n) is 8.41. The Kier molecular flexibility index (Phi) is 7.17. The maximum Gasteiger partial charge on any atom is 0.338 e. The van der Waals surface area contributed by atoms with Crippen molar-refractivity contribution in [1.82, 2.24) is 9.88 Å². The van der Waals surface area contributed by atoms with E-state index in [1.54, 1.807) is 25.1 Å². The summed E-state index contributed by atoms with van der Waals surface area (Å²) < 4.78 is 7.05. The number of carbonyl (C=O) groups excluding carboxylic acids is 3. The molecule has 0 atom stereocenters. The van der Waals surface area contributed by atoms with Gasteiger partial charge in [-0.15, -0.1) is 0 Å². The summed E-state index contributed by atoms with van der Waals surface area (Å²) in [6, 6.07) is 16.5. The van der Waals surface area contributed by atoms with Crippen LogP contribution in [-0.2, 0) is 20.7 Å². The lowest BCUT2D eigenvalue weighted by Gasteiger charge is -2.29. The number of hydrogen-bond donors (Lipinski definition) is 1. The number of nitrogens with one attached hydrogen (secondary N) is 1. The minimum absolute atomic E-state index is 0.000997. The van der Waals surface area contributed by atoms with Crippen molar-refractivity contribution in [3.8, 4) is 5.69 Å². The third-order valence-electron chi connectivity index (χ3n) is 6.11. The smallest absolute Gasteiger partial charge is 0.338 e. The SMILES string of the molecule is CCOC(=O)c1ccc(-n2c(C)cc(/C=C3/C(=O)NC(=S)N(c4ccc(CC)cc4)C3=O)c2C)cc1. The molecule has 1 aliphatic rings. The van der Waals surface area contributed by atoms with Gasteiger partial charge >= 0.3 is 5.97 Å². The van der Waals surface area contributed by atoms with Crippen molar-refractivity contribution in [3.05, 3.63) is 88.2 Å². The summed E-state index contributed by atoms with van der Waals surface area (Å²) in [7, 11) is 0. The number of benzene rings is 2. The molecule has 0 spiro atoms. The van der Waals surface area contributed by atoms with Gasteiger partial charge in [-0.3, -0.25) is 19.8 Å². The molecule has 1 aliphatic heterocycles. The van der Waals surface area contributed by atoms with E-state index in [0.29, 0.717) is 17.9 Å². The lowest BCUT2D eigenvalue weighted by atomic mass is 10.1. The monoisotopic (exact) mass is 501 g/mol. The average molecular weight is 502 g/mol. The molecule has 2 aromatic carbocycles. The Morgan fingerprint density at radius 1 is 1.00 bits per heavy atom. The number of carbonyl (C=O) groups is 3. The van der Waals surface area contributed by atoms with Crippen molar-refractivity contribution >= 4 is 46.9 Å². The fraction of sp³-hybridized carbons (Fsp3) is 0.214. The van der Waals surface area contributed by atoms with Crippen LogP contribution in [0.1, 0.15) is 46.7 Å². The van der Waals surface area contributed by atoms with Crippen LogP contribution in [0.4, 0.5) is 5.69 Å². The summed E-state index contributed by atoms with van der Waals surface area (Å²) in [5.74, 6) is -1.38. The molecule has 8 heteroatoms. The molecular weight excluding hydrogens is 474 g/mol. The maximum atomic E-state index is 13.4. The van der Waals surface area contributed by atoms with E-state index in [0.717, 1.165) is 34.6 Å². The Labute approximate surface area is 215 Å². The van der Waals surface area contributed by atoms with Gasteiger partial charge in [0.2, 0.25) is 0 Å². The second kappa shape index (κ2) is 10.3. The summed E-state index contributed by atoms with van der Waals surface area (Å²) in [5.41, 5.74) is 5.54. The molecule has 184 valence electrons. The fourth-order valence-electron chi connectivity index (χ4n) is 4.22. The molecule has 0 radical (unpaired) electrons. The topological polar surface area (TPSA) is 80.6 Å². The maximum absolute atomic E-state index is 13.4. The summed E-state index contributed by atoms with van der Waals surface area (Å²) in [6.07, 6.45) is 2.47. The van der Waals surface area contributed by atoms with E-state index in [1.807, 2.05) is 60.9 Å². The van der Waals surface area contributed by atoms with Gasteiger partial charge in [0.05, 0.1) is 17.9 Å². The van der Waals surface area contributed by atoms with Crippen molar-refractivity contribution in [2.45, 2.75) is 34.1 Å². The Balaban J connectivity index is 1.68. The van der Waals surface area contributed by atoms with Crippen molar-refractivity contribution in [2.24, 2.45) is 0 Å². The Hall–Kier alpha value is -4.04. The Morgan fingerprint density at radius 2 is 1.64 bits per heavy atom. The number of amides is 2.